The molecule has 2 aromatic carbocycles. The number of ketones is 1. The summed E-state index contributed by atoms with van der Waals surface area (Å²) in [6, 6.07) is 11.1. The first-order valence-corrected chi connectivity index (χ1v) is 6.77. The maximum absolute atomic E-state index is 11.7. The standard InChI is InChI=1S/C16H12N2O4/c1-2-14(19)11-5-8-15-13(9-11)17-16(22-15)10-3-6-12(7-4-10)18(20)21/h3-9H,2H2,1H3. The van der Waals surface area contributed by atoms with Crippen molar-refractivity contribution in [1.29, 1.82) is 0 Å². The number of nitro groups is 1. The minimum atomic E-state index is -0.460. The average molecular weight is 296 g/mol. The van der Waals surface area contributed by atoms with E-state index in [1.165, 1.54) is 12.1 Å². The van der Waals surface area contributed by atoms with Gasteiger partial charge in [-0.05, 0) is 30.3 Å². The Kier molecular flexibility index (Phi) is 3.42. The lowest BCUT2D eigenvalue weighted by Crippen LogP contribution is -1.95. The van der Waals surface area contributed by atoms with Crippen molar-refractivity contribution in [2.75, 3.05) is 0 Å². The van der Waals surface area contributed by atoms with E-state index in [1.807, 2.05) is 0 Å². The van der Waals surface area contributed by atoms with E-state index in [9.17, 15) is 14.9 Å². The molecular weight excluding hydrogens is 284 g/mol. The molecule has 0 saturated heterocycles. The number of Topliss-reactive ketones (excluding diaryl/α,β-unsaturated/α-hetero) is 1. The first kappa shape index (κ1) is 13.9. The predicted molar refractivity (Wildman–Crippen MR) is 80.7 cm³/mol. The highest BCUT2D eigenvalue weighted by molar-refractivity contribution is 5.98. The minimum absolute atomic E-state index is 0.00990. The van der Waals surface area contributed by atoms with Crippen LogP contribution in [-0.4, -0.2) is 15.7 Å². The zero-order chi connectivity index (χ0) is 15.7. The van der Waals surface area contributed by atoms with Gasteiger partial charge in [0, 0.05) is 29.7 Å². The number of aromatic nitrogens is 1. The Bertz CT molecular complexity index is 865. The molecule has 6 nitrogen and oxygen atoms in total. The van der Waals surface area contributed by atoms with E-state index in [2.05, 4.69) is 4.98 Å². The molecule has 0 unspecified atom stereocenters. The van der Waals surface area contributed by atoms with Crippen LogP contribution in [0.25, 0.3) is 22.6 Å². The number of nitrogens with zero attached hydrogens (tertiary/aromatic N) is 2. The van der Waals surface area contributed by atoms with E-state index >= 15 is 0 Å². The lowest BCUT2D eigenvalue weighted by Gasteiger charge is -1.95. The third kappa shape index (κ3) is 2.46. The van der Waals surface area contributed by atoms with Gasteiger partial charge in [0.1, 0.15) is 5.52 Å². The molecule has 0 N–H and O–H groups in total. The number of non-ortho nitro benzene ring substituents is 1. The van der Waals surface area contributed by atoms with Crippen LogP contribution >= 0.6 is 0 Å². The van der Waals surface area contributed by atoms with Crippen molar-refractivity contribution in [3.63, 3.8) is 0 Å². The zero-order valence-electron chi connectivity index (χ0n) is 11.8. The fourth-order valence-corrected chi connectivity index (χ4v) is 2.15. The molecule has 0 fully saturated rings. The first-order chi connectivity index (χ1) is 10.6. The van der Waals surface area contributed by atoms with E-state index in [4.69, 9.17) is 4.42 Å². The van der Waals surface area contributed by atoms with Gasteiger partial charge in [-0.25, -0.2) is 4.98 Å². The highest BCUT2D eigenvalue weighted by atomic mass is 16.6. The number of hydrogen-bond donors (Lipinski definition) is 0. The minimum Gasteiger partial charge on any atom is -0.436 e. The summed E-state index contributed by atoms with van der Waals surface area (Å²) in [7, 11) is 0. The van der Waals surface area contributed by atoms with Gasteiger partial charge in [-0.3, -0.25) is 14.9 Å². The van der Waals surface area contributed by atoms with Crippen LogP contribution in [0.15, 0.2) is 46.9 Å². The summed E-state index contributed by atoms with van der Waals surface area (Å²) in [5.41, 5.74) is 2.41. The zero-order valence-corrected chi connectivity index (χ0v) is 11.8. The fourth-order valence-electron chi connectivity index (χ4n) is 2.15. The van der Waals surface area contributed by atoms with Crippen LogP contribution in [0.3, 0.4) is 0 Å². The lowest BCUT2D eigenvalue weighted by molar-refractivity contribution is -0.384. The topological polar surface area (TPSA) is 86.2 Å². The largest absolute Gasteiger partial charge is 0.436 e. The van der Waals surface area contributed by atoms with Crippen LogP contribution in [0.4, 0.5) is 5.69 Å². The van der Waals surface area contributed by atoms with Crippen LogP contribution < -0.4 is 0 Å². The second-order valence-corrected chi connectivity index (χ2v) is 4.78. The number of benzene rings is 2. The van der Waals surface area contributed by atoms with Crippen LogP contribution in [0.1, 0.15) is 23.7 Å². The molecule has 22 heavy (non-hydrogen) atoms. The summed E-state index contributed by atoms with van der Waals surface area (Å²) < 4.78 is 5.63. The Morgan fingerprint density at radius 3 is 2.59 bits per heavy atom. The van der Waals surface area contributed by atoms with Crippen molar-refractivity contribution in [1.82, 2.24) is 4.98 Å². The molecule has 0 atom stereocenters. The second kappa shape index (κ2) is 5.40. The van der Waals surface area contributed by atoms with Crippen molar-refractivity contribution in [2.45, 2.75) is 13.3 Å². The number of carbonyl (C=O) groups is 1. The van der Waals surface area contributed by atoms with Gasteiger partial charge < -0.3 is 4.42 Å². The monoisotopic (exact) mass is 296 g/mol. The molecule has 0 aliphatic heterocycles. The quantitative estimate of drug-likeness (QED) is 0.412. The molecule has 0 radical (unpaired) electrons. The van der Waals surface area contributed by atoms with Crippen molar-refractivity contribution >= 4 is 22.6 Å². The summed E-state index contributed by atoms with van der Waals surface area (Å²) in [6.07, 6.45) is 0.429. The molecule has 0 aliphatic carbocycles. The number of hydrogen-bond acceptors (Lipinski definition) is 5. The SMILES string of the molecule is CCC(=O)c1ccc2oc(-c3ccc([N+](=O)[O-])cc3)nc2c1. The van der Waals surface area contributed by atoms with Gasteiger partial charge >= 0.3 is 0 Å². The lowest BCUT2D eigenvalue weighted by atomic mass is 10.1. The molecule has 1 heterocycles. The summed E-state index contributed by atoms with van der Waals surface area (Å²) in [5, 5.41) is 10.7. The van der Waals surface area contributed by atoms with Crippen LogP contribution in [0.2, 0.25) is 0 Å². The molecule has 3 aromatic rings. The van der Waals surface area contributed by atoms with E-state index in [0.717, 1.165) is 0 Å². The van der Waals surface area contributed by atoms with Gasteiger partial charge in [0.05, 0.1) is 4.92 Å². The highest BCUT2D eigenvalue weighted by Gasteiger charge is 2.12. The number of carbonyl (C=O) groups excluding carboxylic acids is 1. The van der Waals surface area contributed by atoms with E-state index in [0.29, 0.717) is 34.5 Å². The van der Waals surface area contributed by atoms with Crippen molar-refractivity contribution < 1.29 is 14.1 Å². The Balaban J connectivity index is 2.01. The number of nitro benzene ring substituents is 1. The van der Waals surface area contributed by atoms with Gasteiger partial charge in [-0.15, -0.1) is 0 Å². The number of oxazole rings is 1. The average Bonchev–Trinajstić information content (AvgIpc) is 2.97. The summed E-state index contributed by atoms with van der Waals surface area (Å²) in [6.45, 7) is 1.80. The first-order valence-electron chi connectivity index (χ1n) is 6.77. The molecule has 0 aliphatic rings. The Morgan fingerprint density at radius 2 is 1.95 bits per heavy atom. The van der Waals surface area contributed by atoms with E-state index in [1.54, 1.807) is 37.3 Å². The van der Waals surface area contributed by atoms with Crippen molar-refractivity contribution in [3.8, 4) is 11.5 Å². The Morgan fingerprint density at radius 1 is 1.23 bits per heavy atom. The van der Waals surface area contributed by atoms with Gasteiger partial charge in [-0.2, -0.15) is 0 Å². The number of fused-ring (bicyclic) bond motifs is 1. The van der Waals surface area contributed by atoms with Crippen LogP contribution in [0.5, 0.6) is 0 Å². The molecule has 0 spiro atoms. The maximum atomic E-state index is 11.7. The third-order valence-corrected chi connectivity index (χ3v) is 3.36. The second-order valence-electron chi connectivity index (χ2n) is 4.78. The summed E-state index contributed by atoms with van der Waals surface area (Å²) in [4.78, 5) is 26.3. The van der Waals surface area contributed by atoms with E-state index < -0.39 is 4.92 Å². The van der Waals surface area contributed by atoms with Crippen molar-refractivity contribution in [3.05, 3.63) is 58.1 Å². The van der Waals surface area contributed by atoms with Crippen LogP contribution in [-0.2, 0) is 0 Å². The van der Waals surface area contributed by atoms with E-state index in [-0.39, 0.29) is 11.5 Å². The molecule has 0 saturated carbocycles. The molecule has 0 bridgehead atoms. The molecular formula is C16H12N2O4. The normalized spacial score (nSPS) is 10.8. The summed E-state index contributed by atoms with van der Waals surface area (Å²) in [5.74, 6) is 0.410. The highest BCUT2D eigenvalue weighted by Crippen LogP contribution is 2.26. The van der Waals surface area contributed by atoms with Gasteiger partial charge in [-0.1, -0.05) is 6.92 Å². The molecule has 110 valence electrons. The molecule has 6 heteroatoms. The molecule has 0 amide bonds. The summed E-state index contributed by atoms with van der Waals surface area (Å²) >= 11 is 0. The molecule has 1 aromatic heterocycles. The fraction of sp³-hybridized carbons (Fsp3) is 0.125. The Labute approximate surface area is 125 Å². The third-order valence-electron chi connectivity index (χ3n) is 3.36. The Hall–Kier alpha value is -3.02. The maximum Gasteiger partial charge on any atom is 0.269 e. The predicted octanol–water partition coefficient (Wildman–Crippen LogP) is 4.00. The number of rotatable bonds is 4. The smallest absolute Gasteiger partial charge is 0.269 e. The van der Waals surface area contributed by atoms with Gasteiger partial charge in [0.15, 0.2) is 11.4 Å². The van der Waals surface area contributed by atoms with Crippen LogP contribution in [0, 0.1) is 10.1 Å². The van der Waals surface area contributed by atoms with Gasteiger partial charge in [0.2, 0.25) is 5.89 Å². The van der Waals surface area contributed by atoms with Gasteiger partial charge in [0.25, 0.3) is 5.69 Å². The molecule has 3 rings (SSSR count). The van der Waals surface area contributed by atoms with Crippen molar-refractivity contribution in [2.24, 2.45) is 0 Å².